The van der Waals surface area contributed by atoms with Crippen LogP contribution >= 0.6 is 11.6 Å². The minimum atomic E-state index is -4.05. The molecule has 0 radical (unpaired) electrons. The highest BCUT2D eigenvalue weighted by molar-refractivity contribution is 7.92. The summed E-state index contributed by atoms with van der Waals surface area (Å²) in [6.07, 6.45) is 1.43. The predicted octanol–water partition coefficient (Wildman–Crippen LogP) is 5.27. The molecule has 1 N–H and O–H groups in total. The van der Waals surface area contributed by atoms with E-state index in [1.54, 1.807) is 54.6 Å². The number of halogens is 1. The molecule has 0 atom stereocenters. The number of carbonyl (C=O) groups is 1. The van der Waals surface area contributed by atoms with E-state index in [9.17, 15) is 13.2 Å². The van der Waals surface area contributed by atoms with Crippen molar-refractivity contribution in [3.63, 3.8) is 0 Å². The molecule has 0 aliphatic rings. The minimum absolute atomic E-state index is 0.0444. The average molecular weight is 564 g/mol. The number of methoxy groups -OCH3 is 1. The number of hydrazone groups is 1. The van der Waals surface area contributed by atoms with E-state index in [4.69, 9.17) is 21.1 Å². The zero-order chi connectivity index (χ0) is 27.7. The number of anilines is 1. The second-order valence-electron chi connectivity index (χ2n) is 8.28. The zero-order valence-corrected chi connectivity index (χ0v) is 22.6. The van der Waals surface area contributed by atoms with Crippen molar-refractivity contribution >= 4 is 39.4 Å². The quantitative estimate of drug-likeness (QED) is 0.198. The SMILES string of the molecule is COc1cc(C=NNC(=O)CN(c2cccc(Cl)c2)S(=O)(=O)c2ccccc2)ccc1OCc1ccccc1. The first-order valence-electron chi connectivity index (χ1n) is 11.9. The number of nitrogens with one attached hydrogen (secondary N) is 1. The van der Waals surface area contributed by atoms with Crippen LogP contribution in [-0.2, 0) is 21.4 Å². The third kappa shape index (κ3) is 7.37. The normalized spacial score (nSPS) is 11.2. The van der Waals surface area contributed by atoms with E-state index in [1.165, 1.54) is 31.5 Å². The maximum atomic E-state index is 13.4. The summed E-state index contributed by atoms with van der Waals surface area (Å²) in [6, 6.07) is 29.1. The van der Waals surface area contributed by atoms with Gasteiger partial charge in [0.15, 0.2) is 11.5 Å². The van der Waals surface area contributed by atoms with Crippen molar-refractivity contribution in [3.05, 3.63) is 119 Å². The number of nitrogens with zero attached hydrogens (tertiary/aromatic N) is 2. The molecule has 1 amide bonds. The molecule has 4 aromatic carbocycles. The van der Waals surface area contributed by atoms with Crippen LogP contribution in [0.3, 0.4) is 0 Å². The van der Waals surface area contributed by atoms with E-state index in [2.05, 4.69) is 10.5 Å². The lowest BCUT2D eigenvalue weighted by molar-refractivity contribution is -0.119. The first-order chi connectivity index (χ1) is 18.9. The van der Waals surface area contributed by atoms with Gasteiger partial charge >= 0.3 is 0 Å². The fraction of sp³-hybridized carbons (Fsp3) is 0.103. The van der Waals surface area contributed by atoms with Gasteiger partial charge in [0.1, 0.15) is 13.2 Å². The minimum Gasteiger partial charge on any atom is -0.493 e. The Balaban J connectivity index is 1.45. The fourth-order valence-corrected chi connectivity index (χ4v) is 5.25. The molecule has 0 bridgehead atoms. The van der Waals surface area contributed by atoms with E-state index in [1.807, 2.05) is 30.3 Å². The topological polar surface area (TPSA) is 97.3 Å². The summed E-state index contributed by atoms with van der Waals surface area (Å²) >= 11 is 6.09. The molecule has 8 nitrogen and oxygen atoms in total. The molecule has 4 aromatic rings. The van der Waals surface area contributed by atoms with Crippen molar-refractivity contribution in [3.8, 4) is 11.5 Å². The molecular weight excluding hydrogens is 538 g/mol. The van der Waals surface area contributed by atoms with Crippen molar-refractivity contribution in [2.24, 2.45) is 5.10 Å². The standard InChI is InChI=1S/C29H26ClN3O5S/c1-37-28-17-23(15-16-27(28)38-21-22-9-4-2-5-10-22)19-31-32-29(34)20-33(25-12-8-11-24(30)18-25)39(35,36)26-13-6-3-7-14-26/h2-19H,20-21H2,1H3,(H,32,34). The van der Waals surface area contributed by atoms with Gasteiger partial charge in [-0.1, -0.05) is 66.2 Å². The van der Waals surface area contributed by atoms with Crippen LogP contribution in [0.5, 0.6) is 11.5 Å². The number of carbonyl (C=O) groups excluding carboxylic acids is 1. The molecule has 0 spiro atoms. The molecule has 0 aliphatic heterocycles. The Morgan fingerprint density at radius 3 is 2.33 bits per heavy atom. The number of hydrogen-bond acceptors (Lipinski definition) is 6. The van der Waals surface area contributed by atoms with E-state index >= 15 is 0 Å². The molecule has 39 heavy (non-hydrogen) atoms. The number of sulfonamides is 1. The average Bonchev–Trinajstić information content (AvgIpc) is 2.96. The molecule has 0 heterocycles. The lowest BCUT2D eigenvalue weighted by Gasteiger charge is -2.23. The van der Waals surface area contributed by atoms with Crippen molar-refractivity contribution in [1.29, 1.82) is 0 Å². The predicted molar refractivity (Wildman–Crippen MR) is 152 cm³/mol. The zero-order valence-electron chi connectivity index (χ0n) is 21.0. The number of ether oxygens (including phenoxy) is 2. The molecule has 0 saturated heterocycles. The lowest BCUT2D eigenvalue weighted by atomic mass is 10.2. The van der Waals surface area contributed by atoms with Gasteiger partial charge in [-0.05, 0) is 59.7 Å². The molecular formula is C29H26ClN3O5S. The molecule has 0 aliphatic carbocycles. The second-order valence-corrected chi connectivity index (χ2v) is 10.6. The van der Waals surface area contributed by atoms with Crippen molar-refractivity contribution in [1.82, 2.24) is 5.43 Å². The summed E-state index contributed by atoms with van der Waals surface area (Å²) in [5.74, 6) is 0.425. The van der Waals surface area contributed by atoms with Crippen molar-refractivity contribution in [2.75, 3.05) is 18.0 Å². The Kier molecular flexibility index (Phi) is 9.19. The summed E-state index contributed by atoms with van der Waals surface area (Å²) in [4.78, 5) is 12.8. The first kappa shape index (κ1) is 27.7. The van der Waals surface area contributed by atoms with E-state index in [0.717, 1.165) is 9.87 Å². The van der Waals surface area contributed by atoms with Crippen LogP contribution in [0.25, 0.3) is 0 Å². The Hall–Kier alpha value is -4.34. The Morgan fingerprint density at radius 2 is 1.64 bits per heavy atom. The van der Waals surface area contributed by atoms with Crippen molar-refractivity contribution in [2.45, 2.75) is 11.5 Å². The maximum absolute atomic E-state index is 13.4. The van der Waals surface area contributed by atoms with Gasteiger partial charge in [-0.3, -0.25) is 9.10 Å². The van der Waals surface area contributed by atoms with Gasteiger partial charge in [-0.2, -0.15) is 5.10 Å². The molecule has 0 saturated carbocycles. The van der Waals surface area contributed by atoms with Crippen LogP contribution in [0.2, 0.25) is 5.02 Å². The molecule has 0 fully saturated rings. The van der Waals surface area contributed by atoms with Crippen molar-refractivity contribution < 1.29 is 22.7 Å². The van der Waals surface area contributed by atoms with Gasteiger partial charge in [0.05, 0.1) is 23.9 Å². The first-order valence-corrected chi connectivity index (χ1v) is 13.7. The van der Waals surface area contributed by atoms with Gasteiger partial charge < -0.3 is 9.47 Å². The summed E-state index contributed by atoms with van der Waals surface area (Å²) in [5, 5.41) is 4.33. The maximum Gasteiger partial charge on any atom is 0.264 e. The van der Waals surface area contributed by atoms with Crippen LogP contribution in [-0.4, -0.2) is 34.2 Å². The molecule has 0 aromatic heterocycles. The lowest BCUT2D eigenvalue weighted by Crippen LogP contribution is -2.39. The molecule has 4 rings (SSSR count). The smallest absolute Gasteiger partial charge is 0.264 e. The van der Waals surface area contributed by atoms with E-state index < -0.39 is 22.5 Å². The summed E-state index contributed by atoms with van der Waals surface area (Å²) < 4.78 is 39.0. The third-order valence-electron chi connectivity index (χ3n) is 5.54. The molecule has 200 valence electrons. The fourth-order valence-electron chi connectivity index (χ4n) is 3.63. The number of benzene rings is 4. The van der Waals surface area contributed by atoms with E-state index in [-0.39, 0.29) is 10.6 Å². The van der Waals surface area contributed by atoms with Crippen LogP contribution in [0.15, 0.2) is 113 Å². The van der Waals surface area contributed by atoms with Crippen LogP contribution < -0.4 is 19.2 Å². The monoisotopic (exact) mass is 563 g/mol. The summed E-state index contributed by atoms with van der Waals surface area (Å²) in [7, 11) is -2.52. The Labute approximate surface area is 232 Å². The van der Waals surface area contributed by atoms with Crippen LogP contribution in [0, 0.1) is 0 Å². The molecule has 10 heteroatoms. The van der Waals surface area contributed by atoms with Gasteiger partial charge in [-0.15, -0.1) is 0 Å². The number of rotatable bonds is 11. The largest absolute Gasteiger partial charge is 0.493 e. The Bertz CT molecular complexity index is 1550. The highest BCUT2D eigenvalue weighted by atomic mass is 35.5. The van der Waals surface area contributed by atoms with Gasteiger partial charge in [0, 0.05) is 5.02 Å². The molecule has 0 unspecified atom stereocenters. The van der Waals surface area contributed by atoms with E-state index in [0.29, 0.717) is 28.7 Å². The highest BCUT2D eigenvalue weighted by Crippen LogP contribution is 2.29. The number of hydrogen-bond donors (Lipinski definition) is 1. The van der Waals surface area contributed by atoms with Crippen LogP contribution in [0.4, 0.5) is 5.69 Å². The van der Waals surface area contributed by atoms with Crippen LogP contribution in [0.1, 0.15) is 11.1 Å². The summed E-state index contributed by atoms with van der Waals surface area (Å²) in [6.45, 7) is -0.125. The third-order valence-corrected chi connectivity index (χ3v) is 7.57. The summed E-state index contributed by atoms with van der Waals surface area (Å²) in [5.41, 5.74) is 4.30. The van der Waals surface area contributed by atoms with Gasteiger partial charge in [0.2, 0.25) is 0 Å². The second kappa shape index (κ2) is 12.9. The number of amides is 1. The highest BCUT2D eigenvalue weighted by Gasteiger charge is 2.27. The van der Waals surface area contributed by atoms with Gasteiger partial charge in [-0.25, -0.2) is 13.8 Å². The van der Waals surface area contributed by atoms with Gasteiger partial charge in [0.25, 0.3) is 15.9 Å². The Morgan fingerprint density at radius 1 is 0.923 bits per heavy atom.